The highest BCUT2D eigenvalue weighted by molar-refractivity contribution is 5.84. The third-order valence-electron chi connectivity index (χ3n) is 2.44. The van der Waals surface area contributed by atoms with Crippen LogP contribution in [-0.4, -0.2) is 17.3 Å². The Morgan fingerprint density at radius 2 is 2.25 bits per heavy atom. The van der Waals surface area contributed by atoms with Crippen molar-refractivity contribution in [1.29, 1.82) is 0 Å². The lowest BCUT2D eigenvalue weighted by molar-refractivity contribution is -0.384. The average molecular weight is 221 g/mol. The lowest BCUT2D eigenvalue weighted by atomic mass is 10.3. The Kier molecular flexibility index (Phi) is 2.85. The minimum Gasteiger partial charge on any atom is -0.486 e. The van der Waals surface area contributed by atoms with E-state index in [9.17, 15) is 14.9 Å². The lowest BCUT2D eigenvalue weighted by Crippen LogP contribution is -2.12. The number of nitrogens with zero attached hydrogens (tertiary/aromatic N) is 1. The van der Waals surface area contributed by atoms with E-state index in [0.717, 1.165) is 12.8 Å². The van der Waals surface area contributed by atoms with Crippen molar-refractivity contribution in [3.63, 3.8) is 0 Å². The van der Waals surface area contributed by atoms with Crippen molar-refractivity contribution < 1.29 is 14.5 Å². The first kappa shape index (κ1) is 10.6. The number of nitro groups is 1. The molecule has 0 atom stereocenters. The van der Waals surface area contributed by atoms with E-state index < -0.39 is 4.92 Å². The number of benzene rings is 1. The SMILES string of the molecule is O=C(COc1cccc([N+](=O)[O-])c1)C1CC1. The van der Waals surface area contributed by atoms with Crippen LogP contribution >= 0.6 is 0 Å². The van der Waals surface area contributed by atoms with E-state index in [4.69, 9.17) is 4.74 Å². The standard InChI is InChI=1S/C11H11NO4/c13-11(8-4-5-8)7-16-10-3-1-2-9(6-10)12(14)15/h1-3,6,8H,4-5,7H2. The van der Waals surface area contributed by atoms with Gasteiger partial charge in [-0.3, -0.25) is 14.9 Å². The van der Waals surface area contributed by atoms with Crippen LogP contribution in [0.3, 0.4) is 0 Å². The maximum absolute atomic E-state index is 11.3. The normalized spacial score (nSPS) is 14.5. The van der Waals surface area contributed by atoms with Crippen LogP contribution in [0.1, 0.15) is 12.8 Å². The molecule has 0 aromatic heterocycles. The van der Waals surface area contributed by atoms with Gasteiger partial charge in [-0.2, -0.15) is 0 Å². The van der Waals surface area contributed by atoms with Gasteiger partial charge in [0, 0.05) is 12.0 Å². The van der Waals surface area contributed by atoms with Gasteiger partial charge in [-0.25, -0.2) is 0 Å². The van der Waals surface area contributed by atoms with Gasteiger partial charge >= 0.3 is 0 Å². The maximum atomic E-state index is 11.3. The van der Waals surface area contributed by atoms with Crippen molar-refractivity contribution in [2.45, 2.75) is 12.8 Å². The smallest absolute Gasteiger partial charge is 0.273 e. The van der Waals surface area contributed by atoms with Gasteiger partial charge < -0.3 is 4.74 Å². The lowest BCUT2D eigenvalue weighted by Gasteiger charge is -2.04. The topological polar surface area (TPSA) is 69.4 Å². The first-order valence-electron chi connectivity index (χ1n) is 5.07. The van der Waals surface area contributed by atoms with Crippen molar-refractivity contribution in [3.05, 3.63) is 34.4 Å². The number of ketones is 1. The Bertz CT molecular complexity index is 426. The fourth-order valence-electron chi connectivity index (χ4n) is 1.36. The molecule has 0 bridgehead atoms. The molecule has 0 aliphatic heterocycles. The zero-order valence-electron chi connectivity index (χ0n) is 8.59. The number of carbonyl (C=O) groups excluding carboxylic acids is 1. The Hall–Kier alpha value is -1.91. The number of non-ortho nitro benzene ring substituents is 1. The molecule has 84 valence electrons. The molecule has 0 N–H and O–H groups in total. The summed E-state index contributed by atoms with van der Waals surface area (Å²) >= 11 is 0. The number of hydrogen-bond acceptors (Lipinski definition) is 4. The Labute approximate surface area is 92.2 Å². The van der Waals surface area contributed by atoms with E-state index in [0.29, 0.717) is 5.75 Å². The summed E-state index contributed by atoms with van der Waals surface area (Å²) in [7, 11) is 0. The van der Waals surface area contributed by atoms with E-state index in [1.807, 2.05) is 0 Å². The van der Waals surface area contributed by atoms with Gasteiger partial charge in [-0.05, 0) is 18.9 Å². The molecule has 1 aliphatic rings. The van der Waals surface area contributed by atoms with E-state index in [2.05, 4.69) is 0 Å². The van der Waals surface area contributed by atoms with Crippen LogP contribution in [-0.2, 0) is 4.79 Å². The van der Waals surface area contributed by atoms with Gasteiger partial charge in [0.15, 0.2) is 5.78 Å². The van der Waals surface area contributed by atoms with Crippen LogP contribution in [0.4, 0.5) is 5.69 Å². The number of ether oxygens (including phenoxy) is 1. The molecule has 0 spiro atoms. The highest BCUT2D eigenvalue weighted by Crippen LogP contribution is 2.30. The van der Waals surface area contributed by atoms with Gasteiger partial charge in [0.05, 0.1) is 11.0 Å². The van der Waals surface area contributed by atoms with Crippen molar-refractivity contribution >= 4 is 11.5 Å². The highest BCUT2D eigenvalue weighted by Gasteiger charge is 2.29. The molecule has 0 unspecified atom stereocenters. The summed E-state index contributed by atoms with van der Waals surface area (Å²) in [5.74, 6) is 0.591. The monoisotopic (exact) mass is 221 g/mol. The van der Waals surface area contributed by atoms with Gasteiger partial charge in [-0.1, -0.05) is 6.07 Å². The Morgan fingerprint density at radius 3 is 2.88 bits per heavy atom. The number of Topliss-reactive ketones (excluding diaryl/α,β-unsaturated/α-hetero) is 1. The molecule has 0 radical (unpaired) electrons. The third kappa shape index (κ3) is 2.56. The molecule has 1 aliphatic carbocycles. The molecular formula is C11H11NO4. The zero-order chi connectivity index (χ0) is 11.5. The predicted octanol–water partition coefficient (Wildman–Crippen LogP) is 1.95. The van der Waals surface area contributed by atoms with Crippen molar-refractivity contribution in [1.82, 2.24) is 0 Å². The van der Waals surface area contributed by atoms with Crippen molar-refractivity contribution in [3.8, 4) is 5.75 Å². The molecule has 1 saturated carbocycles. The van der Waals surface area contributed by atoms with Crippen LogP contribution in [0.5, 0.6) is 5.75 Å². The Balaban J connectivity index is 1.95. The van der Waals surface area contributed by atoms with Crippen LogP contribution in [0.2, 0.25) is 0 Å². The van der Waals surface area contributed by atoms with Gasteiger partial charge in [-0.15, -0.1) is 0 Å². The highest BCUT2D eigenvalue weighted by atomic mass is 16.6. The quantitative estimate of drug-likeness (QED) is 0.562. The minimum absolute atomic E-state index is 0.00579. The summed E-state index contributed by atoms with van der Waals surface area (Å²) in [6, 6.07) is 5.85. The Morgan fingerprint density at radius 1 is 1.50 bits per heavy atom. The number of hydrogen-bond donors (Lipinski definition) is 0. The van der Waals surface area contributed by atoms with Crippen molar-refractivity contribution in [2.75, 3.05) is 6.61 Å². The van der Waals surface area contributed by atoms with E-state index in [1.165, 1.54) is 18.2 Å². The molecule has 16 heavy (non-hydrogen) atoms. The second-order valence-electron chi connectivity index (χ2n) is 3.78. The van der Waals surface area contributed by atoms with E-state index in [-0.39, 0.29) is 24.0 Å². The molecule has 2 rings (SSSR count). The first-order chi connectivity index (χ1) is 7.66. The molecule has 1 aromatic rings. The third-order valence-corrected chi connectivity index (χ3v) is 2.44. The summed E-state index contributed by atoms with van der Waals surface area (Å²) in [5, 5.41) is 10.5. The van der Waals surface area contributed by atoms with E-state index >= 15 is 0 Å². The van der Waals surface area contributed by atoms with E-state index in [1.54, 1.807) is 6.07 Å². The zero-order valence-corrected chi connectivity index (χ0v) is 8.59. The van der Waals surface area contributed by atoms with Gasteiger partial charge in [0.2, 0.25) is 0 Å². The van der Waals surface area contributed by atoms with Crippen LogP contribution in [0, 0.1) is 16.0 Å². The molecule has 1 aromatic carbocycles. The van der Waals surface area contributed by atoms with Gasteiger partial charge in [0.1, 0.15) is 12.4 Å². The minimum atomic E-state index is -0.491. The predicted molar refractivity (Wildman–Crippen MR) is 56.3 cm³/mol. The molecule has 0 amide bonds. The summed E-state index contributed by atoms with van der Waals surface area (Å²) in [6.07, 6.45) is 1.88. The number of carbonyl (C=O) groups is 1. The largest absolute Gasteiger partial charge is 0.486 e. The number of nitro benzene ring substituents is 1. The molecule has 5 nitrogen and oxygen atoms in total. The maximum Gasteiger partial charge on any atom is 0.273 e. The van der Waals surface area contributed by atoms with Crippen molar-refractivity contribution in [2.24, 2.45) is 5.92 Å². The van der Waals surface area contributed by atoms with Crippen LogP contribution < -0.4 is 4.74 Å². The number of rotatable bonds is 5. The second-order valence-corrected chi connectivity index (χ2v) is 3.78. The molecule has 5 heteroatoms. The fourth-order valence-corrected chi connectivity index (χ4v) is 1.36. The summed E-state index contributed by atoms with van der Waals surface area (Å²) in [4.78, 5) is 21.3. The van der Waals surface area contributed by atoms with Gasteiger partial charge in [0.25, 0.3) is 5.69 Å². The summed E-state index contributed by atoms with van der Waals surface area (Å²) < 4.78 is 5.21. The average Bonchev–Trinajstić information content (AvgIpc) is 3.10. The summed E-state index contributed by atoms with van der Waals surface area (Å²) in [6.45, 7) is 0.00579. The second kappa shape index (κ2) is 4.30. The first-order valence-corrected chi connectivity index (χ1v) is 5.07. The molecule has 0 saturated heterocycles. The fraction of sp³-hybridized carbons (Fsp3) is 0.364. The molecular weight excluding hydrogens is 210 g/mol. The van der Waals surface area contributed by atoms with Crippen LogP contribution in [0.15, 0.2) is 24.3 Å². The van der Waals surface area contributed by atoms with Crippen LogP contribution in [0.25, 0.3) is 0 Å². The summed E-state index contributed by atoms with van der Waals surface area (Å²) in [5.41, 5.74) is -0.0311. The molecule has 1 fully saturated rings. The molecule has 0 heterocycles.